The van der Waals surface area contributed by atoms with Crippen molar-refractivity contribution in [3.05, 3.63) is 42.1 Å². The lowest BCUT2D eigenvalue weighted by molar-refractivity contribution is 0.739. The smallest absolute Gasteiger partial charge is 0.131 e. The predicted octanol–water partition coefficient (Wildman–Crippen LogP) is 4.25. The molecule has 0 spiro atoms. The van der Waals surface area contributed by atoms with Gasteiger partial charge in [0.15, 0.2) is 0 Å². The van der Waals surface area contributed by atoms with Gasteiger partial charge in [-0.1, -0.05) is 45.9 Å². The molecule has 0 unspecified atom stereocenters. The van der Waals surface area contributed by atoms with Crippen LogP contribution in [0, 0.1) is 0 Å². The Morgan fingerprint density at radius 2 is 1.86 bits per heavy atom. The maximum atomic E-state index is 5.91. The zero-order chi connectivity index (χ0) is 15.7. The monoisotopic (exact) mass is 285 g/mol. The summed E-state index contributed by atoms with van der Waals surface area (Å²) >= 11 is 0. The maximum absolute atomic E-state index is 5.91. The summed E-state index contributed by atoms with van der Waals surface area (Å²) in [5.41, 5.74) is 8.57. The minimum atomic E-state index is 0.610. The van der Waals surface area contributed by atoms with E-state index in [2.05, 4.69) is 34.6 Å². The van der Waals surface area contributed by atoms with Crippen LogP contribution in [0.3, 0.4) is 0 Å². The number of nitrogens with zero attached hydrogens (tertiary/aromatic N) is 1. The summed E-state index contributed by atoms with van der Waals surface area (Å²) in [6.45, 7) is 10.0. The van der Waals surface area contributed by atoms with Gasteiger partial charge in [-0.15, -0.1) is 0 Å². The fraction of sp³-hybridized carbons (Fsp3) is 0.389. The van der Waals surface area contributed by atoms with E-state index in [0.717, 1.165) is 30.3 Å². The Kier molecular flexibility index (Phi) is 7.48. The number of nitrogens with one attached hydrogen (secondary N) is 1. The topological polar surface area (TPSA) is 50.9 Å². The van der Waals surface area contributed by atoms with E-state index in [0.29, 0.717) is 5.82 Å². The summed E-state index contributed by atoms with van der Waals surface area (Å²) in [5.74, 6) is 0.610. The highest BCUT2D eigenvalue weighted by molar-refractivity contribution is 5.93. The van der Waals surface area contributed by atoms with Crippen molar-refractivity contribution in [1.82, 2.24) is 10.3 Å². The van der Waals surface area contributed by atoms with Crippen LogP contribution in [0.25, 0.3) is 16.3 Å². The Bertz CT molecular complexity index is 588. The lowest BCUT2D eigenvalue weighted by Gasteiger charge is -2.14. The van der Waals surface area contributed by atoms with Gasteiger partial charge in [-0.25, -0.2) is 4.98 Å². The number of hydrogen-bond acceptors (Lipinski definition) is 3. The van der Waals surface area contributed by atoms with E-state index in [1.54, 1.807) is 6.20 Å². The van der Waals surface area contributed by atoms with Gasteiger partial charge in [-0.3, -0.25) is 0 Å². The summed E-state index contributed by atoms with van der Waals surface area (Å²) in [5, 5.41) is 5.51. The molecule has 0 radical (unpaired) electrons. The van der Waals surface area contributed by atoms with Crippen LogP contribution in [-0.4, -0.2) is 18.1 Å². The van der Waals surface area contributed by atoms with E-state index in [9.17, 15) is 0 Å². The number of benzene rings is 1. The number of anilines is 1. The van der Waals surface area contributed by atoms with Crippen LogP contribution in [0.5, 0.6) is 0 Å². The molecule has 3 N–H and O–H groups in total. The second-order valence-electron chi connectivity index (χ2n) is 4.32. The summed E-state index contributed by atoms with van der Waals surface area (Å²) in [4.78, 5) is 4.14. The van der Waals surface area contributed by atoms with Gasteiger partial charge >= 0.3 is 0 Å². The van der Waals surface area contributed by atoms with E-state index < -0.39 is 0 Å². The standard InChI is InChI=1S/C14H15N3.2C2H6/c15-14-13-9-12(10-3-6-16-7-4-10)2-1-11(13)5-8-17-14;2*1-2/h1-3,5,8-9,16H,4,6-7H2,(H2,15,17);2*1-2H3. The van der Waals surface area contributed by atoms with Crippen LogP contribution >= 0.6 is 0 Å². The summed E-state index contributed by atoms with van der Waals surface area (Å²) in [6.07, 6.45) is 5.07. The Balaban J connectivity index is 0.000000510. The molecule has 21 heavy (non-hydrogen) atoms. The Morgan fingerprint density at radius 1 is 1.10 bits per heavy atom. The zero-order valence-corrected chi connectivity index (χ0v) is 13.6. The number of aromatic nitrogens is 1. The summed E-state index contributed by atoms with van der Waals surface area (Å²) in [6, 6.07) is 8.42. The first-order valence-corrected chi connectivity index (χ1v) is 7.89. The zero-order valence-electron chi connectivity index (χ0n) is 13.6. The maximum Gasteiger partial charge on any atom is 0.131 e. The lowest BCUT2D eigenvalue weighted by Crippen LogP contribution is -2.19. The van der Waals surface area contributed by atoms with E-state index in [1.165, 1.54) is 11.1 Å². The molecule has 0 atom stereocenters. The quantitative estimate of drug-likeness (QED) is 0.823. The van der Waals surface area contributed by atoms with Crippen molar-refractivity contribution in [1.29, 1.82) is 0 Å². The fourth-order valence-corrected chi connectivity index (χ4v) is 2.28. The molecule has 114 valence electrons. The largest absolute Gasteiger partial charge is 0.383 e. The van der Waals surface area contributed by atoms with Crippen molar-refractivity contribution in [2.75, 3.05) is 18.8 Å². The van der Waals surface area contributed by atoms with Gasteiger partial charge in [-0.05, 0) is 41.6 Å². The van der Waals surface area contributed by atoms with Crippen LogP contribution in [0.15, 0.2) is 36.5 Å². The molecule has 1 aliphatic heterocycles. The van der Waals surface area contributed by atoms with Gasteiger partial charge in [0.1, 0.15) is 5.82 Å². The lowest BCUT2D eigenvalue weighted by atomic mass is 9.98. The van der Waals surface area contributed by atoms with Crippen molar-refractivity contribution in [2.24, 2.45) is 0 Å². The molecule has 0 aliphatic carbocycles. The van der Waals surface area contributed by atoms with Gasteiger partial charge in [0.25, 0.3) is 0 Å². The molecule has 2 aromatic rings. The SMILES string of the molecule is CC.CC.Nc1nccc2ccc(C3=CCNCC3)cc12. The third kappa shape index (κ3) is 4.30. The van der Waals surface area contributed by atoms with Crippen LogP contribution in [0.4, 0.5) is 5.82 Å². The van der Waals surface area contributed by atoms with Crippen molar-refractivity contribution < 1.29 is 0 Å². The molecule has 3 rings (SSSR count). The number of nitrogens with two attached hydrogens (primary N) is 1. The highest BCUT2D eigenvalue weighted by Gasteiger charge is 2.07. The first-order chi connectivity index (χ1) is 10.3. The van der Waals surface area contributed by atoms with Crippen molar-refractivity contribution in [3.8, 4) is 0 Å². The number of rotatable bonds is 1. The molecule has 1 aliphatic rings. The highest BCUT2D eigenvalue weighted by atomic mass is 14.8. The third-order valence-electron chi connectivity index (χ3n) is 3.23. The average molecular weight is 285 g/mol. The molecule has 1 aromatic carbocycles. The van der Waals surface area contributed by atoms with Gasteiger partial charge in [-0.2, -0.15) is 0 Å². The number of pyridine rings is 1. The molecule has 0 saturated heterocycles. The van der Waals surface area contributed by atoms with E-state index in [1.807, 2.05) is 33.8 Å². The number of nitrogen functional groups attached to an aromatic ring is 1. The Morgan fingerprint density at radius 3 is 2.52 bits per heavy atom. The van der Waals surface area contributed by atoms with Gasteiger partial charge < -0.3 is 11.1 Å². The molecule has 0 bridgehead atoms. The first kappa shape index (κ1) is 17.2. The molecule has 3 heteroatoms. The van der Waals surface area contributed by atoms with Crippen molar-refractivity contribution >= 4 is 22.2 Å². The Labute approximate surface area is 128 Å². The first-order valence-electron chi connectivity index (χ1n) is 7.89. The minimum Gasteiger partial charge on any atom is -0.383 e. The van der Waals surface area contributed by atoms with E-state index in [-0.39, 0.29) is 0 Å². The summed E-state index contributed by atoms with van der Waals surface area (Å²) < 4.78 is 0. The molecule has 0 saturated carbocycles. The summed E-state index contributed by atoms with van der Waals surface area (Å²) in [7, 11) is 0. The molecule has 0 fully saturated rings. The fourth-order valence-electron chi connectivity index (χ4n) is 2.28. The number of hydrogen-bond donors (Lipinski definition) is 2. The normalized spacial score (nSPS) is 13.4. The molecule has 3 nitrogen and oxygen atoms in total. The molecular formula is C18H27N3. The third-order valence-corrected chi connectivity index (χ3v) is 3.23. The molecule has 0 amide bonds. The van der Waals surface area contributed by atoms with Crippen LogP contribution in [-0.2, 0) is 0 Å². The second kappa shape index (κ2) is 9.14. The van der Waals surface area contributed by atoms with Crippen LogP contribution in [0.2, 0.25) is 0 Å². The highest BCUT2D eigenvalue weighted by Crippen LogP contribution is 2.26. The predicted molar refractivity (Wildman–Crippen MR) is 94.3 cm³/mol. The van der Waals surface area contributed by atoms with Gasteiger partial charge in [0, 0.05) is 18.1 Å². The number of fused-ring (bicyclic) bond motifs is 1. The van der Waals surface area contributed by atoms with Crippen LogP contribution in [0.1, 0.15) is 39.7 Å². The molecule has 2 heterocycles. The van der Waals surface area contributed by atoms with Crippen molar-refractivity contribution in [2.45, 2.75) is 34.1 Å². The molecule has 1 aromatic heterocycles. The molecular weight excluding hydrogens is 258 g/mol. The minimum absolute atomic E-state index is 0.610. The second-order valence-corrected chi connectivity index (χ2v) is 4.32. The van der Waals surface area contributed by atoms with E-state index >= 15 is 0 Å². The van der Waals surface area contributed by atoms with Gasteiger partial charge in [0.05, 0.1) is 0 Å². The van der Waals surface area contributed by atoms with E-state index in [4.69, 9.17) is 5.73 Å². The van der Waals surface area contributed by atoms with Gasteiger partial charge in [0.2, 0.25) is 0 Å². The average Bonchev–Trinajstić information content (AvgIpc) is 2.59. The van der Waals surface area contributed by atoms with Crippen LogP contribution < -0.4 is 11.1 Å². The van der Waals surface area contributed by atoms with Crippen molar-refractivity contribution in [3.63, 3.8) is 0 Å². The Hall–Kier alpha value is -1.87.